The van der Waals surface area contributed by atoms with Crippen molar-refractivity contribution in [2.24, 2.45) is 0 Å². The highest BCUT2D eigenvalue weighted by molar-refractivity contribution is 7.45. The van der Waals surface area contributed by atoms with Crippen LogP contribution in [0.4, 0.5) is 0 Å². The highest BCUT2D eigenvalue weighted by Gasteiger charge is 2.22. The third-order valence-electron chi connectivity index (χ3n) is 18.5. The molecule has 0 aromatic rings. The molecule has 0 amide bonds. The number of ether oxygens (including phenoxy) is 2. The summed E-state index contributed by atoms with van der Waals surface area (Å²) in [4.78, 5) is 38.1. The summed E-state index contributed by atoms with van der Waals surface area (Å²) in [6.07, 6.45) is 91.7. The standard InChI is InChI=1S/C80H156NO8P/c1-6-8-10-12-14-16-18-20-22-24-26-28-30-32-33-34-35-36-37-38-39-40-41-42-43-44-45-46-47-49-51-53-55-57-59-61-63-65-67-69-71-73-80(83)89-78(77-88-90(84,85)87-75-74-81(3,4)5)76-86-79(82)72-70-68-66-64-62-60-58-56-54-52-50-48-31-29-27-25-23-21-19-17-15-13-11-9-7-2/h18,20,24,26,78H,6-17,19,21-23,25,27-77H2,1-5H3/b20-18-,26-24-. The van der Waals surface area contributed by atoms with Crippen molar-refractivity contribution < 1.29 is 42.1 Å². The lowest BCUT2D eigenvalue weighted by Crippen LogP contribution is -2.37. The van der Waals surface area contributed by atoms with Gasteiger partial charge in [-0.2, -0.15) is 0 Å². The number of likely N-dealkylation sites (N-methyl/N-ethyl adjacent to an activating group) is 1. The Morgan fingerprint density at radius 2 is 0.600 bits per heavy atom. The van der Waals surface area contributed by atoms with Gasteiger partial charge in [0.2, 0.25) is 0 Å². The second-order valence-corrected chi connectivity index (χ2v) is 30.2. The van der Waals surface area contributed by atoms with Crippen LogP contribution < -0.4 is 4.89 Å². The summed E-state index contributed by atoms with van der Waals surface area (Å²) >= 11 is 0. The van der Waals surface area contributed by atoms with Crippen LogP contribution in [0, 0.1) is 0 Å². The summed E-state index contributed by atoms with van der Waals surface area (Å²) in [5.41, 5.74) is 0. The third kappa shape index (κ3) is 75.5. The summed E-state index contributed by atoms with van der Waals surface area (Å²) in [7, 11) is 1.20. The first-order valence-corrected chi connectivity index (χ1v) is 41.5. The van der Waals surface area contributed by atoms with Gasteiger partial charge in [-0.25, -0.2) is 0 Å². The summed E-state index contributed by atoms with van der Waals surface area (Å²) in [5.74, 6) is -0.804. The molecule has 0 aromatic heterocycles. The Labute approximate surface area is 561 Å². The Kier molecular flexibility index (Phi) is 70.6. The minimum absolute atomic E-state index is 0.0258. The number of unbranched alkanes of at least 4 members (excludes halogenated alkanes) is 58. The van der Waals surface area contributed by atoms with E-state index < -0.39 is 26.5 Å². The summed E-state index contributed by atoms with van der Waals surface area (Å²) in [6, 6.07) is 0. The van der Waals surface area contributed by atoms with Crippen molar-refractivity contribution in [3.63, 3.8) is 0 Å². The number of carbonyl (C=O) groups excluding carboxylic acids is 2. The van der Waals surface area contributed by atoms with Gasteiger partial charge in [-0.1, -0.05) is 391 Å². The van der Waals surface area contributed by atoms with Crippen LogP contribution >= 0.6 is 7.82 Å². The molecule has 0 aliphatic carbocycles. The van der Waals surface area contributed by atoms with Crippen molar-refractivity contribution in [1.29, 1.82) is 0 Å². The Bertz CT molecular complexity index is 1560. The molecule has 0 aliphatic rings. The van der Waals surface area contributed by atoms with E-state index in [4.69, 9.17) is 18.5 Å². The number of hydrogen-bond donors (Lipinski definition) is 0. The maximum Gasteiger partial charge on any atom is 0.306 e. The summed E-state index contributed by atoms with van der Waals surface area (Å²) < 4.78 is 34.4. The van der Waals surface area contributed by atoms with Crippen LogP contribution in [0.1, 0.15) is 425 Å². The van der Waals surface area contributed by atoms with E-state index >= 15 is 0 Å². The molecule has 0 N–H and O–H groups in total. The van der Waals surface area contributed by atoms with Crippen molar-refractivity contribution in [3.05, 3.63) is 24.3 Å². The van der Waals surface area contributed by atoms with E-state index in [9.17, 15) is 19.0 Å². The van der Waals surface area contributed by atoms with Gasteiger partial charge in [0.25, 0.3) is 7.82 Å². The fourth-order valence-electron chi connectivity index (χ4n) is 12.3. The number of nitrogens with zero attached hydrogens (tertiary/aromatic N) is 1. The molecule has 0 radical (unpaired) electrons. The third-order valence-corrected chi connectivity index (χ3v) is 19.4. The first-order chi connectivity index (χ1) is 44.0. The van der Waals surface area contributed by atoms with Crippen molar-refractivity contribution in [3.8, 4) is 0 Å². The fraction of sp³-hybridized carbons (Fsp3) is 0.925. The number of allylic oxidation sites excluding steroid dienone is 4. The van der Waals surface area contributed by atoms with E-state index in [0.717, 1.165) is 38.5 Å². The molecular formula is C80H156NO8P. The lowest BCUT2D eigenvalue weighted by Gasteiger charge is -2.28. The van der Waals surface area contributed by atoms with E-state index in [-0.39, 0.29) is 32.0 Å². The van der Waals surface area contributed by atoms with Gasteiger partial charge >= 0.3 is 11.9 Å². The van der Waals surface area contributed by atoms with E-state index in [0.29, 0.717) is 17.4 Å². The minimum atomic E-state index is -4.64. The van der Waals surface area contributed by atoms with Gasteiger partial charge < -0.3 is 27.9 Å². The van der Waals surface area contributed by atoms with Crippen molar-refractivity contribution in [1.82, 2.24) is 0 Å². The predicted molar refractivity (Wildman–Crippen MR) is 388 cm³/mol. The average molecular weight is 1290 g/mol. The molecule has 0 rings (SSSR count). The van der Waals surface area contributed by atoms with E-state index in [2.05, 4.69) is 38.2 Å². The molecule has 0 heterocycles. The van der Waals surface area contributed by atoms with Crippen LogP contribution in [0.2, 0.25) is 0 Å². The Balaban J connectivity index is 3.86. The fourth-order valence-corrected chi connectivity index (χ4v) is 13.1. The molecule has 0 aromatic carbocycles. The maximum absolute atomic E-state index is 12.9. The van der Waals surface area contributed by atoms with Crippen LogP contribution in [0.15, 0.2) is 24.3 Å². The number of phosphoric acid groups is 1. The quantitative estimate of drug-likeness (QED) is 0.0195. The van der Waals surface area contributed by atoms with Gasteiger partial charge in [0, 0.05) is 12.8 Å². The Hall–Kier alpha value is -1.51. The first kappa shape index (κ1) is 88.5. The zero-order valence-electron chi connectivity index (χ0n) is 61.1. The van der Waals surface area contributed by atoms with Gasteiger partial charge in [-0.05, 0) is 44.9 Å². The zero-order valence-corrected chi connectivity index (χ0v) is 62.0. The highest BCUT2D eigenvalue weighted by atomic mass is 31.2. The van der Waals surface area contributed by atoms with Crippen LogP contribution in [0.5, 0.6) is 0 Å². The number of carbonyl (C=O) groups is 2. The molecule has 534 valence electrons. The largest absolute Gasteiger partial charge is 0.756 e. The predicted octanol–water partition coefficient (Wildman–Crippen LogP) is 25.8. The Morgan fingerprint density at radius 3 is 0.878 bits per heavy atom. The van der Waals surface area contributed by atoms with Crippen LogP contribution in [0.3, 0.4) is 0 Å². The van der Waals surface area contributed by atoms with Gasteiger partial charge in [-0.3, -0.25) is 14.2 Å². The molecule has 90 heavy (non-hydrogen) atoms. The molecule has 0 fully saturated rings. The van der Waals surface area contributed by atoms with Gasteiger partial charge in [0.05, 0.1) is 27.7 Å². The molecule has 0 saturated heterocycles. The van der Waals surface area contributed by atoms with E-state index in [1.165, 1.54) is 353 Å². The monoisotopic (exact) mass is 1290 g/mol. The second kappa shape index (κ2) is 71.8. The average Bonchev–Trinajstić information content (AvgIpc) is 3.62. The number of phosphoric ester groups is 1. The maximum atomic E-state index is 12.9. The molecule has 10 heteroatoms. The topological polar surface area (TPSA) is 111 Å². The molecule has 0 bridgehead atoms. The lowest BCUT2D eigenvalue weighted by atomic mass is 10.0. The van der Waals surface area contributed by atoms with Gasteiger partial charge in [-0.15, -0.1) is 0 Å². The molecule has 9 nitrogen and oxygen atoms in total. The lowest BCUT2D eigenvalue weighted by molar-refractivity contribution is -0.870. The molecule has 0 spiro atoms. The van der Waals surface area contributed by atoms with Crippen LogP contribution in [-0.4, -0.2) is 70.0 Å². The normalized spacial score (nSPS) is 13.1. The number of rotatable bonds is 76. The van der Waals surface area contributed by atoms with Crippen molar-refractivity contribution >= 4 is 19.8 Å². The number of hydrogen-bond acceptors (Lipinski definition) is 8. The molecule has 2 unspecified atom stereocenters. The van der Waals surface area contributed by atoms with Crippen molar-refractivity contribution in [2.75, 3.05) is 47.5 Å². The Morgan fingerprint density at radius 1 is 0.344 bits per heavy atom. The minimum Gasteiger partial charge on any atom is -0.756 e. The molecule has 0 aliphatic heterocycles. The second-order valence-electron chi connectivity index (χ2n) is 28.8. The zero-order chi connectivity index (χ0) is 65.5. The number of quaternary nitrogens is 1. The van der Waals surface area contributed by atoms with Crippen molar-refractivity contribution in [2.45, 2.75) is 431 Å². The molecular weight excluding hydrogens is 1130 g/mol. The summed E-state index contributed by atoms with van der Waals surface area (Å²) in [6.45, 7) is 4.32. The van der Waals surface area contributed by atoms with E-state index in [1.807, 2.05) is 21.1 Å². The van der Waals surface area contributed by atoms with E-state index in [1.54, 1.807) is 0 Å². The van der Waals surface area contributed by atoms with Crippen LogP contribution in [-0.2, 0) is 32.7 Å². The molecule has 2 atom stereocenters. The summed E-state index contributed by atoms with van der Waals surface area (Å²) in [5, 5.41) is 0. The highest BCUT2D eigenvalue weighted by Crippen LogP contribution is 2.38. The van der Waals surface area contributed by atoms with Crippen LogP contribution in [0.25, 0.3) is 0 Å². The van der Waals surface area contributed by atoms with Gasteiger partial charge in [0.15, 0.2) is 6.10 Å². The SMILES string of the molecule is CCCCCCC/C=C\C/C=C\CCCCCCCCCCCCCCCCCCCCCCCCCCCCCCCC(=O)OC(COC(=O)CCCCCCCCCCCCCCCCCCCCCCCCCCC)COP(=O)([O-])OCC[N+](C)(C)C. The number of esters is 2. The first-order valence-electron chi connectivity index (χ1n) is 40.0. The molecule has 0 saturated carbocycles. The van der Waals surface area contributed by atoms with Gasteiger partial charge in [0.1, 0.15) is 19.8 Å². The smallest absolute Gasteiger partial charge is 0.306 e.